The van der Waals surface area contributed by atoms with Gasteiger partial charge in [0.2, 0.25) is 0 Å². The molecule has 0 nitrogen and oxygen atoms in total. The normalized spacial score (nSPS) is 36.2. The van der Waals surface area contributed by atoms with E-state index in [0.717, 1.165) is 5.92 Å². The third-order valence-corrected chi connectivity index (χ3v) is 4.50. The van der Waals surface area contributed by atoms with Crippen LogP contribution in [0.4, 0.5) is 0 Å². The predicted molar refractivity (Wildman–Crippen MR) is 59.8 cm³/mol. The Kier molecular flexibility index (Phi) is 3.09. The van der Waals surface area contributed by atoms with Crippen molar-refractivity contribution in [3.63, 3.8) is 0 Å². The van der Waals surface area contributed by atoms with Crippen molar-refractivity contribution >= 4 is 0 Å². The van der Waals surface area contributed by atoms with Gasteiger partial charge < -0.3 is 0 Å². The molecule has 1 fully saturated rings. The zero-order valence-corrected chi connectivity index (χ0v) is 10.1. The van der Waals surface area contributed by atoms with Gasteiger partial charge in [0.1, 0.15) is 0 Å². The zero-order valence-electron chi connectivity index (χ0n) is 10.1. The Morgan fingerprint density at radius 3 is 1.92 bits per heavy atom. The summed E-state index contributed by atoms with van der Waals surface area (Å²) in [6.07, 6.45) is 7.17. The lowest BCUT2D eigenvalue weighted by molar-refractivity contribution is 0.0208. The van der Waals surface area contributed by atoms with Gasteiger partial charge >= 0.3 is 0 Å². The Morgan fingerprint density at radius 2 is 1.62 bits per heavy atom. The summed E-state index contributed by atoms with van der Waals surface area (Å²) in [6.45, 7) is 12.1. The van der Waals surface area contributed by atoms with Gasteiger partial charge in [0, 0.05) is 0 Å². The van der Waals surface area contributed by atoms with Crippen LogP contribution in [0.25, 0.3) is 0 Å². The van der Waals surface area contributed by atoms with Crippen molar-refractivity contribution in [1.82, 2.24) is 0 Å². The maximum absolute atomic E-state index is 2.42. The Balaban J connectivity index is 2.72. The van der Waals surface area contributed by atoms with Gasteiger partial charge in [-0.2, -0.15) is 0 Å². The maximum atomic E-state index is 2.42. The molecular weight excluding hydrogens is 156 g/mol. The molecular formula is C13H26. The van der Waals surface area contributed by atoms with Crippen LogP contribution in [0, 0.1) is 16.7 Å². The average molecular weight is 182 g/mol. The van der Waals surface area contributed by atoms with E-state index in [0.29, 0.717) is 10.8 Å². The van der Waals surface area contributed by atoms with Crippen molar-refractivity contribution in [2.24, 2.45) is 16.7 Å². The molecule has 1 aliphatic rings. The number of hydrogen-bond donors (Lipinski definition) is 0. The predicted octanol–water partition coefficient (Wildman–Crippen LogP) is 4.64. The van der Waals surface area contributed by atoms with Crippen LogP contribution in [0.2, 0.25) is 0 Å². The molecule has 1 aliphatic carbocycles. The fraction of sp³-hybridized carbons (Fsp3) is 1.00. The van der Waals surface area contributed by atoms with Crippen LogP contribution in [-0.2, 0) is 0 Å². The molecule has 0 aromatic carbocycles. The zero-order chi connectivity index (χ0) is 10.1. The molecule has 78 valence electrons. The quantitative estimate of drug-likeness (QED) is 0.554. The monoisotopic (exact) mass is 182 g/mol. The molecule has 0 aliphatic heterocycles. The molecule has 1 rings (SSSR count). The van der Waals surface area contributed by atoms with Gasteiger partial charge in [0.15, 0.2) is 0 Å². The van der Waals surface area contributed by atoms with E-state index in [9.17, 15) is 0 Å². The molecule has 1 saturated carbocycles. The highest BCUT2D eigenvalue weighted by Gasteiger charge is 2.41. The second-order valence-corrected chi connectivity index (χ2v) is 6.07. The van der Waals surface area contributed by atoms with Gasteiger partial charge in [0.05, 0.1) is 0 Å². The first-order valence-corrected chi connectivity index (χ1v) is 5.91. The summed E-state index contributed by atoms with van der Waals surface area (Å²) >= 11 is 0. The Bertz CT molecular complexity index is 153. The fourth-order valence-electron chi connectivity index (χ4n) is 2.95. The smallest absolute Gasteiger partial charge is 0.0251 e. The lowest BCUT2D eigenvalue weighted by Crippen LogP contribution is -2.38. The van der Waals surface area contributed by atoms with Crippen molar-refractivity contribution in [1.29, 1.82) is 0 Å². The largest absolute Gasteiger partial charge is 0.0648 e. The first-order chi connectivity index (χ1) is 5.91. The molecule has 0 unspecified atom stereocenters. The summed E-state index contributed by atoms with van der Waals surface area (Å²) in [5, 5.41) is 0. The Morgan fingerprint density at radius 1 is 1.15 bits per heavy atom. The van der Waals surface area contributed by atoms with E-state index in [1.807, 2.05) is 0 Å². The summed E-state index contributed by atoms with van der Waals surface area (Å²) in [5.41, 5.74) is 1.14. The molecule has 0 bridgehead atoms. The molecule has 0 heteroatoms. The molecule has 0 amide bonds. The molecule has 0 saturated heterocycles. The van der Waals surface area contributed by atoms with Crippen LogP contribution < -0.4 is 0 Å². The van der Waals surface area contributed by atoms with E-state index in [1.54, 1.807) is 0 Å². The maximum Gasteiger partial charge on any atom is -0.0251 e. The van der Waals surface area contributed by atoms with E-state index in [4.69, 9.17) is 0 Å². The van der Waals surface area contributed by atoms with Gasteiger partial charge in [0.25, 0.3) is 0 Å². The Hall–Kier alpha value is 0. The molecule has 13 heavy (non-hydrogen) atoms. The molecule has 0 atom stereocenters. The first kappa shape index (κ1) is 11.1. The summed E-state index contributed by atoms with van der Waals surface area (Å²) in [5.74, 6) is 0.974. The summed E-state index contributed by atoms with van der Waals surface area (Å²) in [7, 11) is 0. The van der Waals surface area contributed by atoms with E-state index in [1.165, 1.54) is 32.1 Å². The third-order valence-electron chi connectivity index (χ3n) is 4.50. The van der Waals surface area contributed by atoms with E-state index in [2.05, 4.69) is 34.6 Å². The van der Waals surface area contributed by atoms with E-state index < -0.39 is 0 Å². The fourth-order valence-corrected chi connectivity index (χ4v) is 2.95. The third kappa shape index (κ3) is 2.08. The SMILES string of the molecule is CCC1(C(C)(C)C)CCC(C)CC1. The van der Waals surface area contributed by atoms with Crippen molar-refractivity contribution in [3.8, 4) is 0 Å². The molecule has 0 heterocycles. The van der Waals surface area contributed by atoms with E-state index >= 15 is 0 Å². The van der Waals surface area contributed by atoms with Crippen molar-refractivity contribution in [3.05, 3.63) is 0 Å². The topological polar surface area (TPSA) is 0 Å². The summed E-state index contributed by atoms with van der Waals surface area (Å²) in [6, 6.07) is 0. The highest BCUT2D eigenvalue weighted by atomic mass is 14.5. The van der Waals surface area contributed by atoms with Crippen LogP contribution in [0.1, 0.15) is 66.7 Å². The highest BCUT2D eigenvalue weighted by molar-refractivity contribution is 4.92. The highest BCUT2D eigenvalue weighted by Crippen LogP contribution is 2.52. The van der Waals surface area contributed by atoms with Crippen molar-refractivity contribution in [2.45, 2.75) is 66.7 Å². The first-order valence-electron chi connectivity index (χ1n) is 5.91. The molecule has 0 radical (unpaired) electrons. The van der Waals surface area contributed by atoms with Crippen LogP contribution in [-0.4, -0.2) is 0 Å². The molecule has 0 spiro atoms. The van der Waals surface area contributed by atoms with Crippen molar-refractivity contribution in [2.75, 3.05) is 0 Å². The minimum Gasteiger partial charge on any atom is -0.0648 e. The molecule has 0 N–H and O–H groups in total. The lowest BCUT2D eigenvalue weighted by Gasteiger charge is -2.48. The van der Waals surface area contributed by atoms with Gasteiger partial charge in [-0.25, -0.2) is 0 Å². The number of rotatable bonds is 1. The Labute approximate surface area is 84.1 Å². The van der Waals surface area contributed by atoms with Gasteiger partial charge in [-0.15, -0.1) is 0 Å². The van der Waals surface area contributed by atoms with Crippen molar-refractivity contribution < 1.29 is 0 Å². The van der Waals surface area contributed by atoms with Crippen LogP contribution in [0.5, 0.6) is 0 Å². The minimum atomic E-state index is 0.502. The minimum absolute atomic E-state index is 0.502. The van der Waals surface area contributed by atoms with Gasteiger partial charge in [-0.05, 0) is 36.0 Å². The standard InChI is InChI=1S/C13H26/c1-6-13(12(3,4)5)9-7-11(2)8-10-13/h11H,6-10H2,1-5H3. The second-order valence-electron chi connectivity index (χ2n) is 6.07. The van der Waals surface area contributed by atoms with Crippen LogP contribution in [0.15, 0.2) is 0 Å². The summed E-state index contributed by atoms with van der Waals surface area (Å²) in [4.78, 5) is 0. The van der Waals surface area contributed by atoms with E-state index in [-0.39, 0.29) is 0 Å². The lowest BCUT2D eigenvalue weighted by atomic mass is 9.57. The second kappa shape index (κ2) is 3.63. The summed E-state index contributed by atoms with van der Waals surface area (Å²) < 4.78 is 0. The molecule has 0 aromatic heterocycles. The molecule has 0 aromatic rings. The van der Waals surface area contributed by atoms with Crippen LogP contribution in [0.3, 0.4) is 0 Å². The average Bonchev–Trinajstić information content (AvgIpc) is 2.04. The van der Waals surface area contributed by atoms with Gasteiger partial charge in [-0.3, -0.25) is 0 Å². The number of hydrogen-bond acceptors (Lipinski definition) is 0. The van der Waals surface area contributed by atoms with Crippen LogP contribution >= 0.6 is 0 Å². The van der Waals surface area contributed by atoms with Gasteiger partial charge in [-0.1, -0.05) is 47.5 Å².